The van der Waals surface area contributed by atoms with Crippen LogP contribution in [0.25, 0.3) is 0 Å². The number of hydrogen-bond acceptors (Lipinski definition) is 4. The maximum atomic E-state index is 11.4. The van der Waals surface area contributed by atoms with E-state index < -0.39 is 0 Å². The second-order valence-electron chi connectivity index (χ2n) is 5.09. The SMILES string of the molecule is COc1cc(N2CCN(C(C)=O)CC2)ccc1N=C(N)CCl. The molecule has 0 spiro atoms. The summed E-state index contributed by atoms with van der Waals surface area (Å²) in [6.45, 7) is 4.67. The Labute approximate surface area is 135 Å². The maximum absolute atomic E-state index is 11.4. The van der Waals surface area contributed by atoms with Crippen LogP contribution in [-0.2, 0) is 4.79 Å². The number of aliphatic imine (C=N–C) groups is 1. The smallest absolute Gasteiger partial charge is 0.219 e. The lowest BCUT2D eigenvalue weighted by atomic mass is 10.2. The second-order valence-corrected chi connectivity index (χ2v) is 5.35. The zero-order chi connectivity index (χ0) is 16.1. The van der Waals surface area contributed by atoms with Gasteiger partial charge in [-0.3, -0.25) is 4.79 Å². The van der Waals surface area contributed by atoms with Crippen molar-refractivity contribution in [1.29, 1.82) is 0 Å². The van der Waals surface area contributed by atoms with Gasteiger partial charge in [-0.2, -0.15) is 0 Å². The molecule has 2 rings (SSSR count). The molecule has 1 aliphatic heterocycles. The molecule has 1 aromatic rings. The molecular formula is C15H21ClN4O2. The Morgan fingerprint density at radius 1 is 1.36 bits per heavy atom. The van der Waals surface area contributed by atoms with Gasteiger partial charge in [0.1, 0.15) is 17.3 Å². The molecule has 0 unspecified atom stereocenters. The number of rotatable bonds is 4. The third-order valence-electron chi connectivity index (χ3n) is 3.65. The van der Waals surface area contributed by atoms with Gasteiger partial charge < -0.3 is 20.3 Å². The Bertz CT molecular complexity index is 569. The number of ether oxygens (including phenoxy) is 1. The van der Waals surface area contributed by atoms with Gasteiger partial charge in [0.25, 0.3) is 0 Å². The summed E-state index contributed by atoms with van der Waals surface area (Å²) in [5.74, 6) is 1.30. The highest BCUT2D eigenvalue weighted by atomic mass is 35.5. The first-order valence-electron chi connectivity index (χ1n) is 7.12. The van der Waals surface area contributed by atoms with E-state index in [-0.39, 0.29) is 11.8 Å². The first kappa shape index (κ1) is 16.4. The minimum Gasteiger partial charge on any atom is -0.494 e. The molecule has 0 aromatic heterocycles. The Morgan fingerprint density at radius 3 is 2.59 bits per heavy atom. The van der Waals surface area contributed by atoms with Gasteiger partial charge >= 0.3 is 0 Å². The fraction of sp³-hybridized carbons (Fsp3) is 0.467. The highest BCUT2D eigenvalue weighted by Crippen LogP contribution is 2.32. The number of hydrogen-bond donors (Lipinski definition) is 1. The van der Waals surface area contributed by atoms with Crippen LogP contribution in [-0.4, -0.2) is 55.8 Å². The predicted octanol–water partition coefficient (Wildman–Crippen LogP) is 1.59. The van der Waals surface area contributed by atoms with Crippen molar-refractivity contribution in [2.45, 2.75) is 6.92 Å². The number of alkyl halides is 1. The number of anilines is 1. The van der Waals surface area contributed by atoms with E-state index in [1.807, 2.05) is 23.1 Å². The van der Waals surface area contributed by atoms with Crippen molar-refractivity contribution in [2.24, 2.45) is 10.7 Å². The molecule has 0 radical (unpaired) electrons. The van der Waals surface area contributed by atoms with E-state index in [0.717, 1.165) is 31.9 Å². The number of nitrogens with two attached hydrogens (primary N) is 1. The number of halogens is 1. The van der Waals surface area contributed by atoms with Gasteiger partial charge in [0.2, 0.25) is 5.91 Å². The first-order chi connectivity index (χ1) is 10.5. The fourth-order valence-electron chi connectivity index (χ4n) is 2.42. The Morgan fingerprint density at radius 2 is 2.05 bits per heavy atom. The quantitative estimate of drug-likeness (QED) is 0.519. The first-order valence-corrected chi connectivity index (χ1v) is 7.66. The van der Waals surface area contributed by atoms with Gasteiger partial charge in [0.15, 0.2) is 0 Å². The van der Waals surface area contributed by atoms with Crippen molar-refractivity contribution in [2.75, 3.05) is 44.1 Å². The lowest BCUT2D eigenvalue weighted by Gasteiger charge is -2.35. The Balaban J connectivity index is 2.15. The van der Waals surface area contributed by atoms with Crippen molar-refractivity contribution in [3.8, 4) is 5.75 Å². The van der Waals surface area contributed by atoms with E-state index >= 15 is 0 Å². The monoisotopic (exact) mass is 324 g/mol. The van der Waals surface area contributed by atoms with Crippen LogP contribution in [0.15, 0.2) is 23.2 Å². The third-order valence-corrected chi connectivity index (χ3v) is 3.93. The molecule has 6 nitrogen and oxygen atoms in total. The summed E-state index contributed by atoms with van der Waals surface area (Å²) >= 11 is 5.65. The van der Waals surface area contributed by atoms with E-state index in [2.05, 4.69) is 9.89 Å². The molecule has 2 N–H and O–H groups in total. The lowest BCUT2D eigenvalue weighted by molar-refractivity contribution is -0.129. The van der Waals surface area contributed by atoms with Crippen molar-refractivity contribution in [3.63, 3.8) is 0 Å². The van der Waals surface area contributed by atoms with Crippen LogP contribution in [0.5, 0.6) is 5.75 Å². The fourth-order valence-corrected chi connectivity index (χ4v) is 2.48. The van der Waals surface area contributed by atoms with Gasteiger partial charge in [0, 0.05) is 44.9 Å². The molecule has 0 saturated carbocycles. The number of carbonyl (C=O) groups is 1. The highest BCUT2D eigenvalue weighted by Gasteiger charge is 2.19. The van der Waals surface area contributed by atoms with Crippen LogP contribution in [0, 0.1) is 0 Å². The van der Waals surface area contributed by atoms with Crippen LogP contribution in [0.2, 0.25) is 0 Å². The van der Waals surface area contributed by atoms with Crippen LogP contribution < -0.4 is 15.4 Å². The second kappa shape index (κ2) is 7.35. The average Bonchev–Trinajstić information content (AvgIpc) is 2.55. The van der Waals surface area contributed by atoms with Crippen molar-refractivity contribution in [1.82, 2.24) is 4.90 Å². The number of methoxy groups -OCH3 is 1. The van der Waals surface area contributed by atoms with Crippen molar-refractivity contribution < 1.29 is 9.53 Å². The average molecular weight is 325 g/mol. The molecule has 120 valence electrons. The Kier molecular flexibility index (Phi) is 5.49. The standard InChI is InChI=1S/C15H21ClN4O2/c1-11(21)19-5-7-20(8-6-19)12-3-4-13(14(9-12)22-2)18-15(17)10-16/h3-4,9H,5-8,10H2,1-2H3,(H2,17,18). The van der Waals surface area contributed by atoms with Gasteiger partial charge in [0.05, 0.1) is 13.0 Å². The summed E-state index contributed by atoms with van der Waals surface area (Å²) in [5, 5.41) is 0. The highest BCUT2D eigenvalue weighted by molar-refractivity contribution is 6.28. The number of amidine groups is 1. The van der Waals surface area contributed by atoms with Gasteiger partial charge in [-0.25, -0.2) is 4.99 Å². The number of piperazine rings is 1. The zero-order valence-electron chi connectivity index (χ0n) is 12.9. The van der Waals surface area contributed by atoms with Gasteiger partial charge in [-0.05, 0) is 12.1 Å². The summed E-state index contributed by atoms with van der Waals surface area (Å²) in [6.07, 6.45) is 0. The lowest BCUT2D eigenvalue weighted by Crippen LogP contribution is -2.48. The van der Waals surface area contributed by atoms with Crippen LogP contribution >= 0.6 is 11.6 Å². The Hall–Kier alpha value is -1.95. The number of carbonyl (C=O) groups excluding carboxylic acids is 1. The summed E-state index contributed by atoms with van der Waals surface area (Å²) < 4.78 is 5.38. The van der Waals surface area contributed by atoms with E-state index in [9.17, 15) is 4.79 Å². The van der Waals surface area contributed by atoms with Crippen LogP contribution in [0.4, 0.5) is 11.4 Å². The number of nitrogens with zero attached hydrogens (tertiary/aromatic N) is 3. The van der Waals surface area contributed by atoms with Gasteiger partial charge in [-0.15, -0.1) is 11.6 Å². The molecule has 22 heavy (non-hydrogen) atoms. The molecule has 1 fully saturated rings. The van der Waals surface area contributed by atoms with Crippen LogP contribution in [0.1, 0.15) is 6.92 Å². The summed E-state index contributed by atoms with van der Waals surface area (Å²) in [4.78, 5) is 19.7. The molecule has 0 aliphatic carbocycles. The minimum atomic E-state index is 0.124. The van der Waals surface area contributed by atoms with E-state index in [4.69, 9.17) is 22.1 Å². The molecule has 7 heteroatoms. The summed E-state index contributed by atoms with van der Waals surface area (Å²) in [5.41, 5.74) is 7.37. The molecule has 1 heterocycles. The largest absolute Gasteiger partial charge is 0.494 e. The van der Waals surface area contributed by atoms with Crippen LogP contribution in [0.3, 0.4) is 0 Å². The third kappa shape index (κ3) is 3.82. The molecule has 0 atom stereocenters. The molecule has 1 aliphatic rings. The zero-order valence-corrected chi connectivity index (χ0v) is 13.6. The molecule has 1 amide bonds. The topological polar surface area (TPSA) is 71.2 Å². The summed E-state index contributed by atoms with van der Waals surface area (Å²) in [6, 6.07) is 5.78. The molecule has 0 bridgehead atoms. The predicted molar refractivity (Wildman–Crippen MR) is 89.5 cm³/mol. The number of amides is 1. The molecule has 1 aromatic carbocycles. The minimum absolute atomic E-state index is 0.124. The molecular weight excluding hydrogens is 304 g/mol. The van der Waals surface area contributed by atoms with E-state index in [0.29, 0.717) is 17.3 Å². The van der Waals surface area contributed by atoms with Crippen molar-refractivity contribution >= 4 is 34.7 Å². The maximum Gasteiger partial charge on any atom is 0.219 e. The number of benzene rings is 1. The van der Waals surface area contributed by atoms with E-state index in [1.165, 1.54) is 0 Å². The summed E-state index contributed by atoms with van der Waals surface area (Å²) in [7, 11) is 1.60. The van der Waals surface area contributed by atoms with Crippen molar-refractivity contribution in [3.05, 3.63) is 18.2 Å². The van der Waals surface area contributed by atoms with Gasteiger partial charge in [-0.1, -0.05) is 0 Å². The molecule has 1 saturated heterocycles. The van der Waals surface area contributed by atoms with E-state index in [1.54, 1.807) is 14.0 Å². The normalized spacial score (nSPS) is 15.9.